The normalized spacial score (nSPS) is 15.9. The maximum absolute atomic E-state index is 12.9. The molecule has 3 N–H and O–H groups in total. The van der Waals surface area contributed by atoms with E-state index in [1.54, 1.807) is 0 Å². The Morgan fingerprint density at radius 3 is 2.60 bits per heavy atom. The monoisotopic (exact) mass is 360 g/mol. The van der Waals surface area contributed by atoms with E-state index in [0.717, 1.165) is 11.8 Å². The number of carboxylic acids is 1. The number of carbonyl (C=O) groups excluding carboxylic acids is 2. The van der Waals surface area contributed by atoms with Gasteiger partial charge in [0.2, 0.25) is 11.8 Å². The molecule has 0 aromatic heterocycles. The molecule has 0 fully saturated rings. The summed E-state index contributed by atoms with van der Waals surface area (Å²) in [5.74, 6) is -2.19. The highest BCUT2D eigenvalue weighted by Gasteiger charge is 2.29. The number of hydrogen-bond donors (Lipinski definition) is 3. The fraction of sp³-hybridized carbons (Fsp3) is 0.118. The molecular weight excluding hydrogens is 347 g/mol. The Bertz CT molecular complexity index is 854. The van der Waals surface area contributed by atoms with Gasteiger partial charge in [-0.2, -0.15) is 0 Å². The number of halogens is 1. The van der Waals surface area contributed by atoms with Gasteiger partial charge in [0, 0.05) is 17.0 Å². The van der Waals surface area contributed by atoms with Gasteiger partial charge in [0.15, 0.2) is 0 Å². The fourth-order valence-electron chi connectivity index (χ4n) is 2.32. The summed E-state index contributed by atoms with van der Waals surface area (Å²) in [5, 5.41) is 13.6. The molecule has 1 heterocycles. The number of hydrogen-bond acceptors (Lipinski definition) is 4. The van der Waals surface area contributed by atoms with E-state index in [0.29, 0.717) is 16.3 Å². The van der Waals surface area contributed by atoms with Crippen LogP contribution in [-0.2, 0) is 9.59 Å². The zero-order valence-electron chi connectivity index (χ0n) is 12.8. The molecule has 25 heavy (non-hydrogen) atoms. The van der Waals surface area contributed by atoms with Gasteiger partial charge < -0.3 is 15.7 Å². The van der Waals surface area contributed by atoms with Crippen LogP contribution in [0, 0.1) is 5.82 Å². The van der Waals surface area contributed by atoms with Crippen molar-refractivity contribution in [3.8, 4) is 0 Å². The standard InChI is InChI=1S/C17H13FN2O4S/c18-10-2-4-11(5-3-10)19-15(21)8-14-16(22)20-12-6-1-9(17(23)24)7-13(12)25-14/h1-7,14H,8H2,(H,19,21)(H,20,22)(H,23,24)/t14-/m0/s1. The molecule has 1 aliphatic heterocycles. The summed E-state index contributed by atoms with van der Waals surface area (Å²) < 4.78 is 12.9. The molecule has 2 aromatic carbocycles. The molecule has 6 nitrogen and oxygen atoms in total. The van der Waals surface area contributed by atoms with E-state index >= 15 is 0 Å². The van der Waals surface area contributed by atoms with Crippen molar-refractivity contribution in [1.82, 2.24) is 0 Å². The van der Waals surface area contributed by atoms with Crippen LogP contribution >= 0.6 is 11.8 Å². The summed E-state index contributed by atoms with van der Waals surface area (Å²) in [6, 6.07) is 9.70. The zero-order valence-corrected chi connectivity index (χ0v) is 13.6. The molecule has 0 saturated carbocycles. The number of rotatable bonds is 4. The van der Waals surface area contributed by atoms with E-state index in [1.165, 1.54) is 42.5 Å². The first-order chi connectivity index (χ1) is 11.9. The van der Waals surface area contributed by atoms with Gasteiger partial charge in [-0.3, -0.25) is 9.59 Å². The first-order valence-electron chi connectivity index (χ1n) is 7.32. The molecule has 128 valence electrons. The number of thioether (sulfide) groups is 1. The largest absolute Gasteiger partial charge is 0.478 e. The fourth-order valence-corrected chi connectivity index (χ4v) is 3.47. The van der Waals surface area contributed by atoms with Gasteiger partial charge >= 0.3 is 5.97 Å². The number of fused-ring (bicyclic) bond motifs is 1. The Balaban J connectivity index is 1.69. The van der Waals surface area contributed by atoms with Crippen molar-refractivity contribution in [3.05, 3.63) is 53.8 Å². The summed E-state index contributed by atoms with van der Waals surface area (Å²) in [4.78, 5) is 35.9. The van der Waals surface area contributed by atoms with Crippen LogP contribution in [-0.4, -0.2) is 28.1 Å². The number of nitrogens with one attached hydrogen (secondary N) is 2. The van der Waals surface area contributed by atoms with Crippen LogP contribution in [0.15, 0.2) is 47.4 Å². The quantitative estimate of drug-likeness (QED) is 0.779. The molecule has 0 aliphatic carbocycles. The molecule has 1 aliphatic rings. The molecule has 2 aromatic rings. The Kier molecular flexibility index (Phi) is 4.71. The molecule has 0 spiro atoms. The second-order valence-corrected chi connectivity index (χ2v) is 6.62. The Hall–Kier alpha value is -2.87. The average Bonchev–Trinajstić information content (AvgIpc) is 2.57. The highest BCUT2D eigenvalue weighted by Crippen LogP contribution is 2.37. The lowest BCUT2D eigenvalue weighted by Gasteiger charge is -2.24. The lowest BCUT2D eigenvalue weighted by Crippen LogP contribution is -2.32. The number of carbonyl (C=O) groups is 3. The van der Waals surface area contributed by atoms with Gasteiger partial charge in [-0.15, -0.1) is 11.8 Å². The van der Waals surface area contributed by atoms with Crippen molar-refractivity contribution < 1.29 is 23.9 Å². The molecule has 0 unspecified atom stereocenters. The highest BCUT2D eigenvalue weighted by molar-refractivity contribution is 8.01. The summed E-state index contributed by atoms with van der Waals surface area (Å²) in [5.41, 5.74) is 1.06. The second kappa shape index (κ2) is 6.94. The number of carboxylic acid groups (broad SMARTS) is 1. The predicted molar refractivity (Wildman–Crippen MR) is 91.3 cm³/mol. The number of anilines is 2. The van der Waals surface area contributed by atoms with E-state index in [4.69, 9.17) is 5.11 Å². The van der Waals surface area contributed by atoms with Crippen molar-refractivity contribution in [2.75, 3.05) is 10.6 Å². The van der Waals surface area contributed by atoms with E-state index in [2.05, 4.69) is 10.6 Å². The van der Waals surface area contributed by atoms with Gasteiger partial charge in [-0.1, -0.05) is 0 Å². The van der Waals surface area contributed by atoms with Crippen LogP contribution in [0.3, 0.4) is 0 Å². The van der Waals surface area contributed by atoms with Gasteiger partial charge in [0.05, 0.1) is 16.5 Å². The molecule has 0 saturated heterocycles. The molecular formula is C17H13FN2O4S. The molecule has 2 amide bonds. The third-order valence-corrected chi connectivity index (χ3v) is 4.80. The summed E-state index contributed by atoms with van der Waals surface area (Å²) in [7, 11) is 0. The lowest BCUT2D eigenvalue weighted by molar-refractivity contribution is -0.120. The van der Waals surface area contributed by atoms with Crippen LogP contribution in [0.4, 0.5) is 15.8 Å². The van der Waals surface area contributed by atoms with Gasteiger partial charge in [-0.05, 0) is 42.5 Å². The lowest BCUT2D eigenvalue weighted by atomic mass is 10.2. The van der Waals surface area contributed by atoms with E-state index < -0.39 is 22.9 Å². The van der Waals surface area contributed by atoms with Crippen molar-refractivity contribution >= 4 is 40.9 Å². The Labute approximate surface area is 146 Å². The molecule has 0 radical (unpaired) electrons. The molecule has 1 atom stereocenters. The minimum Gasteiger partial charge on any atom is -0.478 e. The van der Waals surface area contributed by atoms with Gasteiger partial charge in [0.25, 0.3) is 0 Å². The first-order valence-corrected chi connectivity index (χ1v) is 8.20. The van der Waals surface area contributed by atoms with E-state index in [9.17, 15) is 18.8 Å². The summed E-state index contributed by atoms with van der Waals surface area (Å²) >= 11 is 1.14. The van der Waals surface area contributed by atoms with E-state index in [1.807, 2.05) is 0 Å². The van der Waals surface area contributed by atoms with Crippen molar-refractivity contribution in [2.24, 2.45) is 0 Å². The van der Waals surface area contributed by atoms with Crippen LogP contribution in [0.1, 0.15) is 16.8 Å². The van der Waals surface area contributed by atoms with Crippen LogP contribution < -0.4 is 10.6 Å². The maximum Gasteiger partial charge on any atom is 0.335 e. The third-order valence-electron chi connectivity index (χ3n) is 3.55. The minimum absolute atomic E-state index is 0.0926. The Morgan fingerprint density at radius 1 is 1.20 bits per heavy atom. The second-order valence-electron chi connectivity index (χ2n) is 5.37. The molecule has 8 heteroatoms. The van der Waals surface area contributed by atoms with E-state index in [-0.39, 0.29) is 17.9 Å². The molecule has 3 rings (SSSR count). The summed E-state index contributed by atoms with van der Waals surface area (Å²) in [6.07, 6.45) is -0.0926. The SMILES string of the molecule is O=C(C[C@@H]1Sc2cc(C(=O)O)ccc2NC1=O)Nc1ccc(F)cc1. The van der Waals surface area contributed by atoms with Crippen LogP contribution in [0.2, 0.25) is 0 Å². The van der Waals surface area contributed by atoms with Crippen molar-refractivity contribution in [3.63, 3.8) is 0 Å². The van der Waals surface area contributed by atoms with Crippen LogP contribution in [0.25, 0.3) is 0 Å². The van der Waals surface area contributed by atoms with Crippen molar-refractivity contribution in [2.45, 2.75) is 16.6 Å². The Morgan fingerprint density at radius 2 is 1.92 bits per heavy atom. The number of aromatic carboxylic acids is 1. The maximum atomic E-state index is 12.9. The number of benzene rings is 2. The molecule has 0 bridgehead atoms. The summed E-state index contributed by atoms with van der Waals surface area (Å²) in [6.45, 7) is 0. The predicted octanol–water partition coefficient (Wildman–Crippen LogP) is 2.97. The van der Waals surface area contributed by atoms with Gasteiger partial charge in [0.1, 0.15) is 5.82 Å². The zero-order chi connectivity index (χ0) is 18.0. The van der Waals surface area contributed by atoms with Gasteiger partial charge in [-0.25, -0.2) is 9.18 Å². The first kappa shape index (κ1) is 17.0. The minimum atomic E-state index is -1.06. The van der Waals surface area contributed by atoms with Crippen LogP contribution in [0.5, 0.6) is 0 Å². The topological polar surface area (TPSA) is 95.5 Å². The third kappa shape index (κ3) is 3.97. The highest BCUT2D eigenvalue weighted by atomic mass is 32.2. The number of amides is 2. The average molecular weight is 360 g/mol. The smallest absolute Gasteiger partial charge is 0.335 e. The van der Waals surface area contributed by atoms with Crippen molar-refractivity contribution in [1.29, 1.82) is 0 Å².